The van der Waals surface area contributed by atoms with E-state index >= 15 is 0 Å². The molecular weight excluding hydrogens is 226 g/mol. The maximum Gasteiger partial charge on any atom is 0.0345 e. The van der Waals surface area contributed by atoms with Gasteiger partial charge in [0.2, 0.25) is 0 Å². The fourth-order valence-electron chi connectivity index (χ4n) is 1.78. The maximum atomic E-state index is 5.70. The number of benzene rings is 1. The Morgan fingerprint density at radius 3 is 2.53 bits per heavy atom. The van der Waals surface area contributed by atoms with E-state index in [9.17, 15) is 0 Å². The lowest BCUT2D eigenvalue weighted by molar-refractivity contribution is 0.790. The average molecular weight is 245 g/mol. The molecule has 2 rings (SSSR count). The lowest BCUT2D eigenvalue weighted by Crippen LogP contribution is -2.06. The lowest BCUT2D eigenvalue weighted by atomic mass is 10.1. The van der Waals surface area contributed by atoms with E-state index in [1.54, 1.807) is 0 Å². The monoisotopic (exact) mass is 245 g/mol. The molecule has 1 atom stereocenters. The second-order valence-electron chi connectivity index (χ2n) is 4.64. The Kier molecular flexibility index (Phi) is 3.65. The van der Waals surface area contributed by atoms with E-state index in [0.29, 0.717) is 12.5 Å². The van der Waals surface area contributed by atoms with Gasteiger partial charge < -0.3 is 5.73 Å². The first-order valence-electron chi connectivity index (χ1n) is 5.99. The molecule has 1 nitrogen and oxygen atoms in total. The normalized spacial score (nSPS) is 12.7. The van der Waals surface area contributed by atoms with Crippen molar-refractivity contribution in [3.8, 4) is 10.4 Å². The average Bonchev–Trinajstić information content (AvgIpc) is 2.81. The SMILES string of the molecule is Cc1ccc(-c2ccc(C(C)CN)s2)cc1C. The Morgan fingerprint density at radius 2 is 1.88 bits per heavy atom. The maximum absolute atomic E-state index is 5.70. The van der Waals surface area contributed by atoms with Gasteiger partial charge in [-0.2, -0.15) is 0 Å². The van der Waals surface area contributed by atoms with Gasteiger partial charge in [-0.05, 0) is 49.2 Å². The van der Waals surface area contributed by atoms with Gasteiger partial charge in [-0.15, -0.1) is 11.3 Å². The van der Waals surface area contributed by atoms with Crippen LogP contribution in [0.2, 0.25) is 0 Å². The van der Waals surface area contributed by atoms with Crippen molar-refractivity contribution in [1.82, 2.24) is 0 Å². The summed E-state index contributed by atoms with van der Waals surface area (Å²) in [5, 5.41) is 0. The van der Waals surface area contributed by atoms with Crippen LogP contribution < -0.4 is 5.73 Å². The standard InChI is InChI=1S/C15H19NS/c1-10-4-5-13(8-11(10)2)15-7-6-14(17-15)12(3)9-16/h4-8,12H,9,16H2,1-3H3. The summed E-state index contributed by atoms with van der Waals surface area (Å²) in [5.74, 6) is 0.459. The van der Waals surface area contributed by atoms with Crippen LogP contribution in [0.4, 0.5) is 0 Å². The lowest BCUT2D eigenvalue weighted by Gasteiger charge is -2.05. The van der Waals surface area contributed by atoms with Crippen LogP contribution >= 0.6 is 11.3 Å². The highest BCUT2D eigenvalue weighted by atomic mass is 32.1. The van der Waals surface area contributed by atoms with E-state index in [1.165, 1.54) is 26.4 Å². The summed E-state index contributed by atoms with van der Waals surface area (Å²) < 4.78 is 0. The Balaban J connectivity index is 2.33. The minimum atomic E-state index is 0.459. The first-order chi connectivity index (χ1) is 8.11. The fraction of sp³-hybridized carbons (Fsp3) is 0.333. The summed E-state index contributed by atoms with van der Waals surface area (Å²) >= 11 is 1.85. The third-order valence-corrected chi connectivity index (χ3v) is 4.62. The minimum absolute atomic E-state index is 0.459. The number of nitrogens with two attached hydrogens (primary N) is 1. The van der Waals surface area contributed by atoms with Gasteiger partial charge in [0.25, 0.3) is 0 Å². The molecule has 1 heterocycles. The van der Waals surface area contributed by atoms with Gasteiger partial charge in [0.1, 0.15) is 0 Å². The summed E-state index contributed by atoms with van der Waals surface area (Å²) in [4.78, 5) is 2.71. The van der Waals surface area contributed by atoms with Crippen LogP contribution in [0.1, 0.15) is 28.8 Å². The predicted octanol–water partition coefficient (Wildman–Crippen LogP) is 4.09. The van der Waals surface area contributed by atoms with Crippen LogP contribution in [-0.2, 0) is 0 Å². The molecule has 0 amide bonds. The molecule has 1 aromatic carbocycles. The zero-order valence-corrected chi connectivity index (χ0v) is 11.5. The van der Waals surface area contributed by atoms with Crippen LogP contribution in [0.3, 0.4) is 0 Å². The van der Waals surface area contributed by atoms with Crippen molar-refractivity contribution in [3.63, 3.8) is 0 Å². The van der Waals surface area contributed by atoms with Crippen molar-refractivity contribution in [3.05, 3.63) is 46.3 Å². The molecule has 17 heavy (non-hydrogen) atoms. The van der Waals surface area contributed by atoms with E-state index in [1.807, 2.05) is 11.3 Å². The van der Waals surface area contributed by atoms with E-state index in [0.717, 1.165) is 0 Å². The largest absolute Gasteiger partial charge is 0.330 e. The molecule has 0 saturated heterocycles. The molecule has 1 unspecified atom stereocenters. The van der Waals surface area contributed by atoms with Crippen LogP contribution in [0.25, 0.3) is 10.4 Å². The Labute approximate surface area is 107 Å². The quantitative estimate of drug-likeness (QED) is 0.866. The zero-order chi connectivity index (χ0) is 12.4. The molecule has 1 aromatic heterocycles. The van der Waals surface area contributed by atoms with E-state index < -0.39 is 0 Å². The topological polar surface area (TPSA) is 26.0 Å². The second-order valence-corrected chi connectivity index (χ2v) is 5.75. The molecule has 0 aliphatic carbocycles. The molecule has 2 heteroatoms. The van der Waals surface area contributed by atoms with Crippen molar-refractivity contribution in [2.75, 3.05) is 6.54 Å². The predicted molar refractivity (Wildman–Crippen MR) is 76.7 cm³/mol. The Bertz CT molecular complexity index is 513. The van der Waals surface area contributed by atoms with Crippen molar-refractivity contribution in [1.29, 1.82) is 0 Å². The molecular formula is C15H19NS. The summed E-state index contributed by atoms with van der Waals surface area (Å²) in [6, 6.07) is 11.1. The van der Waals surface area contributed by atoms with Gasteiger partial charge in [-0.25, -0.2) is 0 Å². The van der Waals surface area contributed by atoms with Gasteiger partial charge in [0, 0.05) is 15.7 Å². The number of thiophene rings is 1. The molecule has 2 N–H and O–H groups in total. The molecule has 0 radical (unpaired) electrons. The fourth-order valence-corrected chi connectivity index (χ4v) is 2.85. The highest BCUT2D eigenvalue weighted by molar-refractivity contribution is 7.15. The molecule has 2 aromatic rings. The summed E-state index contributed by atoms with van der Waals surface area (Å²) in [6.45, 7) is 7.20. The van der Waals surface area contributed by atoms with Crippen molar-refractivity contribution in [2.45, 2.75) is 26.7 Å². The summed E-state index contributed by atoms with van der Waals surface area (Å²) in [6.07, 6.45) is 0. The number of rotatable bonds is 3. The first kappa shape index (κ1) is 12.3. The number of hydrogen-bond donors (Lipinski definition) is 1. The van der Waals surface area contributed by atoms with Crippen LogP contribution in [0.15, 0.2) is 30.3 Å². The van der Waals surface area contributed by atoms with Gasteiger partial charge in [-0.3, -0.25) is 0 Å². The van der Waals surface area contributed by atoms with Crippen LogP contribution in [0, 0.1) is 13.8 Å². The third-order valence-electron chi connectivity index (χ3n) is 3.26. The molecule has 0 aliphatic heterocycles. The number of hydrogen-bond acceptors (Lipinski definition) is 2. The van der Waals surface area contributed by atoms with Gasteiger partial charge in [-0.1, -0.05) is 25.1 Å². The molecule has 90 valence electrons. The molecule has 0 bridgehead atoms. The minimum Gasteiger partial charge on any atom is -0.330 e. The molecule has 0 fully saturated rings. The molecule has 0 saturated carbocycles. The van der Waals surface area contributed by atoms with Gasteiger partial charge >= 0.3 is 0 Å². The highest BCUT2D eigenvalue weighted by Gasteiger charge is 2.08. The van der Waals surface area contributed by atoms with E-state index in [4.69, 9.17) is 5.73 Å². The summed E-state index contributed by atoms with van der Waals surface area (Å²) in [5.41, 5.74) is 9.72. The highest BCUT2D eigenvalue weighted by Crippen LogP contribution is 2.32. The zero-order valence-electron chi connectivity index (χ0n) is 10.7. The number of aryl methyl sites for hydroxylation is 2. The van der Waals surface area contributed by atoms with Crippen molar-refractivity contribution in [2.24, 2.45) is 5.73 Å². The van der Waals surface area contributed by atoms with Gasteiger partial charge in [0.15, 0.2) is 0 Å². The van der Waals surface area contributed by atoms with E-state index in [-0.39, 0.29) is 0 Å². The Hall–Kier alpha value is -1.12. The smallest absolute Gasteiger partial charge is 0.0345 e. The van der Waals surface area contributed by atoms with Crippen LogP contribution in [-0.4, -0.2) is 6.54 Å². The third kappa shape index (κ3) is 2.59. The van der Waals surface area contributed by atoms with Crippen molar-refractivity contribution < 1.29 is 0 Å². The summed E-state index contributed by atoms with van der Waals surface area (Å²) in [7, 11) is 0. The van der Waals surface area contributed by atoms with Gasteiger partial charge in [0.05, 0.1) is 0 Å². The van der Waals surface area contributed by atoms with Crippen LogP contribution in [0.5, 0.6) is 0 Å². The van der Waals surface area contributed by atoms with Crippen molar-refractivity contribution >= 4 is 11.3 Å². The molecule has 0 spiro atoms. The van der Waals surface area contributed by atoms with E-state index in [2.05, 4.69) is 51.1 Å². The second kappa shape index (κ2) is 5.03. The molecule has 0 aliphatic rings. The first-order valence-corrected chi connectivity index (χ1v) is 6.81. The Morgan fingerprint density at radius 1 is 1.12 bits per heavy atom.